The summed E-state index contributed by atoms with van der Waals surface area (Å²) in [6.45, 7) is 0. The van der Waals surface area contributed by atoms with Crippen molar-refractivity contribution in [1.82, 2.24) is 0 Å². The molecular weight excluding hydrogens is 268 g/mol. The predicted octanol–water partition coefficient (Wildman–Crippen LogP) is 3.97. The molecule has 0 radical (unpaired) electrons. The maximum Gasteiger partial charge on any atom is 0.0621 e. The molecule has 0 aromatic heterocycles. The summed E-state index contributed by atoms with van der Waals surface area (Å²) in [6.07, 6.45) is 4.58. The van der Waals surface area contributed by atoms with Crippen molar-refractivity contribution >= 4 is 11.6 Å². The lowest BCUT2D eigenvalue weighted by Gasteiger charge is -2.13. The van der Waals surface area contributed by atoms with Crippen molar-refractivity contribution < 1.29 is 5.11 Å². The molecule has 0 heterocycles. The summed E-state index contributed by atoms with van der Waals surface area (Å²) in [5.41, 5.74) is 5.19. The second-order valence-electron chi connectivity index (χ2n) is 5.61. The van der Waals surface area contributed by atoms with Gasteiger partial charge in [0, 0.05) is 11.4 Å². The molecule has 0 saturated heterocycles. The Bertz CT molecular complexity index is 606. The molecule has 0 bridgehead atoms. The number of aliphatic hydroxyl groups is 1. The SMILES string of the molecule is OC(Cc1ccc2c(c1)CCC2)Cc1ccccc1Cl. The molecule has 1 aliphatic carbocycles. The fourth-order valence-electron chi connectivity index (χ4n) is 3.01. The van der Waals surface area contributed by atoms with Crippen molar-refractivity contribution in [1.29, 1.82) is 0 Å². The molecule has 2 aromatic carbocycles. The number of hydrogen-bond donors (Lipinski definition) is 1. The number of hydrogen-bond acceptors (Lipinski definition) is 1. The van der Waals surface area contributed by atoms with Gasteiger partial charge in [-0.15, -0.1) is 0 Å². The third kappa shape index (κ3) is 3.05. The Hall–Kier alpha value is -1.31. The van der Waals surface area contributed by atoms with Crippen LogP contribution in [-0.2, 0) is 25.7 Å². The lowest BCUT2D eigenvalue weighted by atomic mass is 9.98. The highest BCUT2D eigenvalue weighted by Crippen LogP contribution is 2.24. The van der Waals surface area contributed by atoms with E-state index in [2.05, 4.69) is 18.2 Å². The molecule has 0 fully saturated rings. The smallest absolute Gasteiger partial charge is 0.0621 e. The van der Waals surface area contributed by atoms with E-state index in [1.54, 1.807) is 0 Å². The van der Waals surface area contributed by atoms with Gasteiger partial charge in [-0.3, -0.25) is 0 Å². The average molecular weight is 287 g/mol. The van der Waals surface area contributed by atoms with Gasteiger partial charge in [-0.25, -0.2) is 0 Å². The molecule has 2 aromatic rings. The van der Waals surface area contributed by atoms with Crippen molar-refractivity contribution in [3.8, 4) is 0 Å². The average Bonchev–Trinajstić information content (AvgIpc) is 2.89. The van der Waals surface area contributed by atoms with E-state index in [0.29, 0.717) is 12.8 Å². The van der Waals surface area contributed by atoms with Crippen molar-refractivity contribution in [2.45, 2.75) is 38.2 Å². The number of fused-ring (bicyclic) bond motifs is 1. The number of rotatable bonds is 4. The van der Waals surface area contributed by atoms with E-state index in [1.807, 2.05) is 24.3 Å². The van der Waals surface area contributed by atoms with Crippen LogP contribution in [0.5, 0.6) is 0 Å². The zero-order chi connectivity index (χ0) is 13.9. The first-order valence-corrected chi connectivity index (χ1v) is 7.62. The zero-order valence-electron chi connectivity index (χ0n) is 11.5. The number of aryl methyl sites for hydroxylation is 2. The van der Waals surface area contributed by atoms with E-state index >= 15 is 0 Å². The first kappa shape index (κ1) is 13.7. The highest BCUT2D eigenvalue weighted by molar-refractivity contribution is 6.31. The minimum absolute atomic E-state index is 0.380. The minimum atomic E-state index is -0.380. The van der Waals surface area contributed by atoms with Crippen LogP contribution < -0.4 is 0 Å². The van der Waals surface area contributed by atoms with Crippen LogP contribution in [-0.4, -0.2) is 11.2 Å². The van der Waals surface area contributed by atoms with Crippen molar-refractivity contribution in [3.05, 3.63) is 69.7 Å². The maximum absolute atomic E-state index is 10.3. The Morgan fingerprint density at radius 3 is 2.65 bits per heavy atom. The highest BCUT2D eigenvalue weighted by Gasteiger charge is 2.13. The monoisotopic (exact) mass is 286 g/mol. The summed E-state index contributed by atoms with van der Waals surface area (Å²) < 4.78 is 0. The van der Waals surface area contributed by atoms with Crippen LogP contribution in [0, 0.1) is 0 Å². The number of benzene rings is 2. The molecule has 0 amide bonds. The Morgan fingerprint density at radius 2 is 1.80 bits per heavy atom. The predicted molar refractivity (Wildman–Crippen MR) is 83.3 cm³/mol. The molecule has 1 aliphatic rings. The van der Waals surface area contributed by atoms with Gasteiger partial charge < -0.3 is 5.11 Å². The second-order valence-corrected chi connectivity index (χ2v) is 6.02. The third-order valence-electron chi connectivity index (χ3n) is 4.05. The Labute approximate surface area is 125 Å². The molecule has 1 atom stereocenters. The fraction of sp³-hybridized carbons (Fsp3) is 0.333. The molecule has 20 heavy (non-hydrogen) atoms. The summed E-state index contributed by atoms with van der Waals surface area (Å²) in [4.78, 5) is 0. The van der Waals surface area contributed by atoms with Crippen LogP contribution in [0.3, 0.4) is 0 Å². The van der Waals surface area contributed by atoms with Crippen LogP contribution in [0.1, 0.15) is 28.7 Å². The lowest BCUT2D eigenvalue weighted by molar-refractivity contribution is 0.175. The molecule has 104 valence electrons. The van der Waals surface area contributed by atoms with Gasteiger partial charge in [-0.2, -0.15) is 0 Å². The van der Waals surface area contributed by atoms with Gasteiger partial charge in [0.25, 0.3) is 0 Å². The summed E-state index contributed by atoms with van der Waals surface area (Å²) in [6, 6.07) is 14.4. The van der Waals surface area contributed by atoms with Crippen LogP contribution in [0.15, 0.2) is 42.5 Å². The van der Waals surface area contributed by atoms with Crippen LogP contribution >= 0.6 is 11.6 Å². The van der Waals surface area contributed by atoms with E-state index < -0.39 is 0 Å². The highest BCUT2D eigenvalue weighted by atomic mass is 35.5. The van der Waals surface area contributed by atoms with Gasteiger partial charge in [0.15, 0.2) is 0 Å². The van der Waals surface area contributed by atoms with Crippen molar-refractivity contribution in [3.63, 3.8) is 0 Å². The molecule has 2 heteroatoms. The maximum atomic E-state index is 10.3. The largest absolute Gasteiger partial charge is 0.392 e. The summed E-state index contributed by atoms with van der Waals surface area (Å²) in [7, 11) is 0. The first-order chi connectivity index (χ1) is 9.72. The zero-order valence-corrected chi connectivity index (χ0v) is 12.2. The molecule has 0 saturated carbocycles. The van der Waals surface area contributed by atoms with Gasteiger partial charge in [0.1, 0.15) is 0 Å². The standard InChI is InChI=1S/C18H19ClO/c19-18-7-2-1-4-16(18)12-17(20)11-13-8-9-14-5-3-6-15(14)10-13/h1-2,4,7-10,17,20H,3,5-6,11-12H2. The Morgan fingerprint density at radius 1 is 1.00 bits per heavy atom. The molecule has 1 unspecified atom stereocenters. The van der Waals surface area contributed by atoms with Gasteiger partial charge in [-0.05, 0) is 54.0 Å². The third-order valence-corrected chi connectivity index (χ3v) is 4.42. The number of halogens is 1. The molecule has 0 aliphatic heterocycles. The summed E-state index contributed by atoms with van der Waals surface area (Å²) >= 11 is 6.14. The van der Waals surface area contributed by atoms with Gasteiger partial charge in [0.05, 0.1) is 6.10 Å². The lowest BCUT2D eigenvalue weighted by Crippen LogP contribution is -2.14. The molecule has 1 nitrogen and oxygen atoms in total. The van der Waals surface area contributed by atoms with Gasteiger partial charge >= 0.3 is 0 Å². The number of aliphatic hydroxyl groups excluding tert-OH is 1. The summed E-state index contributed by atoms with van der Waals surface area (Å²) in [5, 5.41) is 11.0. The van der Waals surface area contributed by atoms with Crippen LogP contribution in [0.2, 0.25) is 5.02 Å². The first-order valence-electron chi connectivity index (χ1n) is 7.24. The second kappa shape index (κ2) is 5.99. The molecule has 1 N–H and O–H groups in total. The van der Waals surface area contributed by atoms with Gasteiger partial charge in [0.2, 0.25) is 0 Å². The summed E-state index contributed by atoms with van der Waals surface area (Å²) in [5.74, 6) is 0. The topological polar surface area (TPSA) is 20.2 Å². The fourth-order valence-corrected chi connectivity index (χ4v) is 3.23. The van der Waals surface area contributed by atoms with Crippen molar-refractivity contribution in [2.75, 3.05) is 0 Å². The quantitative estimate of drug-likeness (QED) is 0.901. The van der Waals surface area contributed by atoms with E-state index in [1.165, 1.54) is 36.0 Å². The minimum Gasteiger partial charge on any atom is -0.392 e. The van der Waals surface area contributed by atoms with E-state index in [0.717, 1.165) is 10.6 Å². The van der Waals surface area contributed by atoms with Crippen LogP contribution in [0.4, 0.5) is 0 Å². The van der Waals surface area contributed by atoms with E-state index in [9.17, 15) is 5.11 Å². The Balaban J connectivity index is 1.67. The van der Waals surface area contributed by atoms with Crippen molar-refractivity contribution in [2.24, 2.45) is 0 Å². The van der Waals surface area contributed by atoms with Crippen LogP contribution in [0.25, 0.3) is 0 Å². The normalized spacial score (nSPS) is 15.1. The molecular formula is C18H19ClO. The molecule has 3 rings (SSSR count). The Kier molecular flexibility index (Phi) is 4.09. The van der Waals surface area contributed by atoms with E-state index in [-0.39, 0.29) is 6.10 Å². The van der Waals surface area contributed by atoms with Gasteiger partial charge in [-0.1, -0.05) is 48.0 Å². The van der Waals surface area contributed by atoms with E-state index in [4.69, 9.17) is 11.6 Å². The molecule has 0 spiro atoms.